The van der Waals surface area contributed by atoms with Gasteiger partial charge in [0.05, 0.1) is 7.11 Å². The molecule has 6 nitrogen and oxygen atoms in total. The monoisotopic (exact) mass is 419 g/mol. The molecule has 0 N–H and O–H groups in total. The van der Waals surface area contributed by atoms with Crippen LogP contribution in [0, 0.1) is 0 Å². The number of alkyl halides is 2. The van der Waals surface area contributed by atoms with Crippen LogP contribution in [-0.4, -0.2) is 37.4 Å². The van der Waals surface area contributed by atoms with Gasteiger partial charge in [0.25, 0.3) is 5.91 Å². The smallest absolute Gasteiger partial charge is 0.387 e. The molecular formula is C22H23F2NO5. The van der Waals surface area contributed by atoms with Crippen LogP contribution in [0.5, 0.6) is 23.0 Å². The molecule has 1 aliphatic carbocycles. The van der Waals surface area contributed by atoms with Crippen LogP contribution in [0.25, 0.3) is 0 Å². The van der Waals surface area contributed by atoms with Crippen molar-refractivity contribution in [2.75, 3.05) is 13.9 Å². The largest absolute Gasteiger partial charge is 0.493 e. The lowest BCUT2D eigenvalue weighted by molar-refractivity contribution is -0.0512. The van der Waals surface area contributed by atoms with E-state index in [0.717, 1.165) is 31.2 Å². The molecule has 2 aromatic rings. The fraction of sp³-hybridized carbons (Fsp3) is 0.409. The second kappa shape index (κ2) is 8.77. The Balaban J connectivity index is 1.60. The first-order valence-electron chi connectivity index (χ1n) is 9.87. The van der Waals surface area contributed by atoms with Crippen LogP contribution in [0.2, 0.25) is 0 Å². The maximum atomic E-state index is 13.4. The molecule has 30 heavy (non-hydrogen) atoms. The maximum absolute atomic E-state index is 13.4. The summed E-state index contributed by atoms with van der Waals surface area (Å²) in [5.74, 6) is 1.17. The van der Waals surface area contributed by atoms with Crippen molar-refractivity contribution in [1.82, 2.24) is 4.90 Å². The molecular weight excluding hydrogens is 396 g/mol. The Bertz CT molecular complexity index is 914. The van der Waals surface area contributed by atoms with Crippen LogP contribution >= 0.6 is 0 Å². The zero-order chi connectivity index (χ0) is 21.1. The third-order valence-electron chi connectivity index (χ3n) is 5.44. The number of nitrogens with zero attached hydrogens (tertiary/aromatic N) is 1. The first kappa shape index (κ1) is 20.3. The Labute approximate surface area is 173 Å². The van der Waals surface area contributed by atoms with Gasteiger partial charge in [-0.1, -0.05) is 18.9 Å². The number of benzene rings is 2. The number of ether oxygens (including phenoxy) is 4. The Kier molecular flexibility index (Phi) is 5.92. The number of amides is 1. The quantitative estimate of drug-likeness (QED) is 0.656. The van der Waals surface area contributed by atoms with E-state index >= 15 is 0 Å². The number of methoxy groups -OCH3 is 1. The summed E-state index contributed by atoms with van der Waals surface area (Å²) in [7, 11) is 1.35. The average Bonchev–Trinajstić information content (AvgIpc) is 3.43. The van der Waals surface area contributed by atoms with Gasteiger partial charge < -0.3 is 23.8 Å². The minimum atomic E-state index is -2.97. The Morgan fingerprint density at radius 1 is 1.10 bits per heavy atom. The number of hydrogen-bond donors (Lipinski definition) is 0. The highest BCUT2D eigenvalue weighted by atomic mass is 19.3. The second-order valence-corrected chi connectivity index (χ2v) is 7.30. The molecule has 0 unspecified atom stereocenters. The van der Waals surface area contributed by atoms with Crippen molar-refractivity contribution in [3.63, 3.8) is 0 Å². The molecule has 1 aliphatic heterocycles. The number of carbonyl (C=O) groups is 1. The molecule has 160 valence electrons. The average molecular weight is 419 g/mol. The molecule has 1 fully saturated rings. The fourth-order valence-corrected chi connectivity index (χ4v) is 3.98. The highest BCUT2D eigenvalue weighted by Crippen LogP contribution is 2.35. The van der Waals surface area contributed by atoms with E-state index in [1.165, 1.54) is 25.3 Å². The third-order valence-corrected chi connectivity index (χ3v) is 5.44. The summed E-state index contributed by atoms with van der Waals surface area (Å²) >= 11 is 0. The Morgan fingerprint density at radius 3 is 2.60 bits per heavy atom. The fourth-order valence-electron chi connectivity index (χ4n) is 3.98. The van der Waals surface area contributed by atoms with Crippen molar-refractivity contribution in [1.29, 1.82) is 0 Å². The van der Waals surface area contributed by atoms with E-state index in [0.29, 0.717) is 23.6 Å². The van der Waals surface area contributed by atoms with Crippen molar-refractivity contribution < 1.29 is 32.5 Å². The molecule has 2 aromatic carbocycles. The maximum Gasteiger partial charge on any atom is 0.387 e. The molecule has 1 amide bonds. The minimum Gasteiger partial charge on any atom is -0.493 e. The van der Waals surface area contributed by atoms with Crippen LogP contribution in [0.3, 0.4) is 0 Å². The lowest BCUT2D eigenvalue weighted by Crippen LogP contribution is -2.38. The third kappa shape index (κ3) is 4.27. The molecule has 1 heterocycles. The molecule has 8 heteroatoms. The first-order valence-corrected chi connectivity index (χ1v) is 9.87. The molecule has 2 aliphatic rings. The normalized spacial score (nSPS) is 15.5. The summed E-state index contributed by atoms with van der Waals surface area (Å²) in [6, 6.07) is 10.0. The molecule has 0 atom stereocenters. The van der Waals surface area contributed by atoms with Crippen LogP contribution in [0.4, 0.5) is 8.78 Å². The number of fused-ring (bicyclic) bond motifs is 1. The van der Waals surface area contributed by atoms with Gasteiger partial charge in [-0.3, -0.25) is 4.79 Å². The predicted octanol–water partition coefficient (Wildman–Crippen LogP) is 4.61. The molecule has 0 spiro atoms. The van der Waals surface area contributed by atoms with Crippen LogP contribution in [0.1, 0.15) is 41.6 Å². The van der Waals surface area contributed by atoms with Gasteiger partial charge in [0.1, 0.15) is 0 Å². The van der Waals surface area contributed by atoms with Gasteiger partial charge in [0, 0.05) is 18.2 Å². The van der Waals surface area contributed by atoms with E-state index in [-0.39, 0.29) is 30.2 Å². The van der Waals surface area contributed by atoms with Crippen LogP contribution < -0.4 is 18.9 Å². The lowest BCUT2D eigenvalue weighted by Gasteiger charge is -2.29. The number of rotatable bonds is 7. The number of halogens is 2. The van der Waals surface area contributed by atoms with Crippen molar-refractivity contribution in [2.45, 2.75) is 44.9 Å². The standard InChI is InChI=1S/C22H23F2NO5/c1-27-19-11-15(7-9-18(19)30-22(23)24)21(26)25(16-4-2-3-5-16)12-14-6-8-17-20(10-14)29-13-28-17/h6-11,16,22H,2-5,12-13H2,1H3. The van der Waals surface area contributed by atoms with Gasteiger partial charge in [-0.25, -0.2) is 0 Å². The van der Waals surface area contributed by atoms with E-state index in [2.05, 4.69) is 4.74 Å². The Hall–Kier alpha value is -3.03. The SMILES string of the molecule is COc1cc(C(=O)N(Cc2ccc3c(c2)OCO3)C2CCCC2)ccc1OC(F)F. The van der Waals surface area contributed by atoms with Gasteiger partial charge in [-0.15, -0.1) is 0 Å². The second-order valence-electron chi connectivity index (χ2n) is 7.30. The summed E-state index contributed by atoms with van der Waals surface area (Å²) in [6.45, 7) is -2.37. The summed E-state index contributed by atoms with van der Waals surface area (Å²) in [5.41, 5.74) is 1.30. The Morgan fingerprint density at radius 2 is 1.87 bits per heavy atom. The highest BCUT2D eigenvalue weighted by molar-refractivity contribution is 5.95. The predicted molar refractivity (Wildman–Crippen MR) is 104 cm³/mol. The van der Waals surface area contributed by atoms with E-state index in [1.54, 1.807) is 0 Å². The summed E-state index contributed by atoms with van der Waals surface area (Å²) in [6.07, 6.45) is 4.00. The van der Waals surface area contributed by atoms with Crippen LogP contribution in [-0.2, 0) is 6.54 Å². The summed E-state index contributed by atoms with van der Waals surface area (Å²) in [5, 5.41) is 0. The van der Waals surface area contributed by atoms with E-state index in [9.17, 15) is 13.6 Å². The van der Waals surface area contributed by atoms with E-state index in [4.69, 9.17) is 14.2 Å². The minimum absolute atomic E-state index is 0.0931. The van der Waals surface area contributed by atoms with Gasteiger partial charge in [-0.05, 0) is 48.7 Å². The summed E-state index contributed by atoms with van der Waals surface area (Å²) in [4.78, 5) is 15.2. The van der Waals surface area contributed by atoms with E-state index < -0.39 is 6.61 Å². The first-order chi connectivity index (χ1) is 14.5. The van der Waals surface area contributed by atoms with Crippen molar-refractivity contribution >= 4 is 5.91 Å². The zero-order valence-corrected chi connectivity index (χ0v) is 16.6. The van der Waals surface area contributed by atoms with Gasteiger partial charge in [-0.2, -0.15) is 8.78 Å². The lowest BCUT2D eigenvalue weighted by atomic mass is 10.1. The van der Waals surface area contributed by atoms with Crippen molar-refractivity contribution in [3.05, 3.63) is 47.5 Å². The highest BCUT2D eigenvalue weighted by Gasteiger charge is 2.29. The molecule has 0 saturated heterocycles. The molecule has 0 aromatic heterocycles. The molecule has 1 saturated carbocycles. The van der Waals surface area contributed by atoms with Gasteiger partial charge in [0.2, 0.25) is 6.79 Å². The number of carbonyl (C=O) groups excluding carboxylic acids is 1. The van der Waals surface area contributed by atoms with Crippen molar-refractivity contribution in [2.24, 2.45) is 0 Å². The zero-order valence-electron chi connectivity index (χ0n) is 16.6. The van der Waals surface area contributed by atoms with Gasteiger partial charge >= 0.3 is 6.61 Å². The molecule has 0 bridgehead atoms. The molecule has 0 radical (unpaired) electrons. The number of hydrogen-bond acceptors (Lipinski definition) is 5. The molecule has 4 rings (SSSR count). The van der Waals surface area contributed by atoms with E-state index in [1.807, 2.05) is 23.1 Å². The van der Waals surface area contributed by atoms with Gasteiger partial charge in [0.15, 0.2) is 23.0 Å². The topological polar surface area (TPSA) is 57.2 Å². The summed E-state index contributed by atoms with van der Waals surface area (Å²) < 4.78 is 45.6. The van der Waals surface area contributed by atoms with Crippen LogP contribution in [0.15, 0.2) is 36.4 Å². The van der Waals surface area contributed by atoms with Crippen molar-refractivity contribution in [3.8, 4) is 23.0 Å².